The lowest BCUT2D eigenvalue weighted by molar-refractivity contribution is -0.385. The molecule has 0 aliphatic rings. The van der Waals surface area contributed by atoms with Crippen molar-refractivity contribution in [1.82, 2.24) is 0 Å². The Labute approximate surface area is 172 Å². The van der Waals surface area contributed by atoms with E-state index in [1.54, 1.807) is 31.2 Å². The Morgan fingerprint density at radius 3 is 2.33 bits per heavy atom. The molecule has 0 saturated heterocycles. The molecule has 0 radical (unpaired) electrons. The number of carbonyl (C=O) groups excluding carboxylic acids is 2. The lowest BCUT2D eigenvalue weighted by Gasteiger charge is -2.13. The Balaban J connectivity index is 1.92. The van der Waals surface area contributed by atoms with Crippen molar-refractivity contribution >= 4 is 34.2 Å². The van der Waals surface area contributed by atoms with Crippen molar-refractivity contribution in [3.8, 4) is 0 Å². The number of amides is 1. The first kappa shape index (κ1) is 20.8. The van der Waals surface area contributed by atoms with E-state index >= 15 is 0 Å². The van der Waals surface area contributed by atoms with Crippen molar-refractivity contribution in [2.45, 2.75) is 20.0 Å². The van der Waals surface area contributed by atoms with Crippen LogP contribution in [-0.2, 0) is 27.3 Å². The molecule has 3 aromatic rings. The molecule has 0 bridgehead atoms. The topological polar surface area (TPSA) is 108 Å². The molecule has 0 fully saturated rings. The maximum absolute atomic E-state index is 12.3. The van der Waals surface area contributed by atoms with Gasteiger partial charge in [-0.2, -0.15) is 0 Å². The first-order chi connectivity index (χ1) is 14.5. The summed E-state index contributed by atoms with van der Waals surface area (Å²) in [6.07, 6.45) is -0.986. The van der Waals surface area contributed by atoms with Crippen LogP contribution < -0.4 is 5.32 Å². The molecular formula is C22H20N2O6. The molecule has 3 aromatic carbocycles. The zero-order valence-electron chi connectivity index (χ0n) is 16.3. The van der Waals surface area contributed by atoms with E-state index in [0.717, 1.165) is 5.56 Å². The van der Waals surface area contributed by atoms with Crippen LogP contribution in [-0.4, -0.2) is 23.6 Å². The molecule has 0 heterocycles. The Hall–Kier alpha value is -3.94. The highest BCUT2D eigenvalue weighted by atomic mass is 16.6. The number of anilines is 1. The largest absolute Gasteiger partial charge is 0.466 e. The quantitative estimate of drug-likeness (QED) is 0.348. The minimum absolute atomic E-state index is 0.0631. The highest BCUT2D eigenvalue weighted by Crippen LogP contribution is 2.35. The summed E-state index contributed by atoms with van der Waals surface area (Å²) in [4.78, 5) is 35.3. The van der Waals surface area contributed by atoms with Gasteiger partial charge in [0.25, 0.3) is 5.69 Å². The SMILES string of the molecule is CCOC(=O)Cc1c([N+](=O)[O-])cc(NC(=O)OCc2ccccc2)c2ccccc12. The zero-order chi connectivity index (χ0) is 21.5. The minimum atomic E-state index is -0.739. The average molecular weight is 408 g/mol. The van der Waals surface area contributed by atoms with Gasteiger partial charge in [0.1, 0.15) is 6.61 Å². The molecule has 0 spiro atoms. The van der Waals surface area contributed by atoms with Crippen LogP contribution in [0.15, 0.2) is 60.7 Å². The fraction of sp³-hybridized carbons (Fsp3) is 0.182. The molecule has 0 aliphatic heterocycles. The first-order valence-electron chi connectivity index (χ1n) is 9.32. The molecule has 154 valence electrons. The summed E-state index contributed by atoms with van der Waals surface area (Å²) in [5.74, 6) is -0.561. The Morgan fingerprint density at radius 2 is 1.67 bits per heavy atom. The van der Waals surface area contributed by atoms with E-state index in [2.05, 4.69) is 5.32 Å². The Morgan fingerprint density at radius 1 is 1.00 bits per heavy atom. The van der Waals surface area contributed by atoms with Gasteiger partial charge in [-0.15, -0.1) is 0 Å². The Bertz CT molecular complexity index is 1080. The van der Waals surface area contributed by atoms with E-state index < -0.39 is 17.0 Å². The van der Waals surface area contributed by atoms with E-state index in [4.69, 9.17) is 9.47 Å². The number of carbonyl (C=O) groups is 2. The molecule has 0 saturated carbocycles. The van der Waals surface area contributed by atoms with Gasteiger partial charge in [0.2, 0.25) is 0 Å². The highest BCUT2D eigenvalue weighted by molar-refractivity contribution is 6.04. The van der Waals surface area contributed by atoms with E-state index in [-0.39, 0.29) is 36.6 Å². The smallest absolute Gasteiger partial charge is 0.411 e. The average Bonchev–Trinajstić information content (AvgIpc) is 2.74. The van der Waals surface area contributed by atoms with Gasteiger partial charge in [-0.1, -0.05) is 54.6 Å². The van der Waals surface area contributed by atoms with Crippen LogP contribution in [0, 0.1) is 10.1 Å². The Kier molecular flexibility index (Phi) is 6.59. The van der Waals surface area contributed by atoms with Crippen LogP contribution >= 0.6 is 0 Å². The monoisotopic (exact) mass is 408 g/mol. The summed E-state index contributed by atoms with van der Waals surface area (Å²) in [5, 5.41) is 15.3. The lowest BCUT2D eigenvalue weighted by atomic mass is 9.98. The number of ether oxygens (including phenoxy) is 2. The first-order valence-corrected chi connectivity index (χ1v) is 9.32. The molecule has 0 atom stereocenters. The molecule has 0 unspecified atom stereocenters. The van der Waals surface area contributed by atoms with E-state index in [0.29, 0.717) is 10.8 Å². The fourth-order valence-electron chi connectivity index (χ4n) is 3.10. The van der Waals surface area contributed by atoms with Crippen molar-refractivity contribution in [3.63, 3.8) is 0 Å². The second-order valence-electron chi connectivity index (χ2n) is 6.39. The molecular weight excluding hydrogens is 388 g/mol. The number of rotatable bonds is 7. The van der Waals surface area contributed by atoms with Gasteiger partial charge < -0.3 is 9.47 Å². The van der Waals surface area contributed by atoms with Gasteiger partial charge in [0.15, 0.2) is 0 Å². The summed E-state index contributed by atoms with van der Waals surface area (Å²) in [5.41, 5.74) is 0.994. The van der Waals surface area contributed by atoms with Crippen molar-refractivity contribution in [2.75, 3.05) is 11.9 Å². The van der Waals surface area contributed by atoms with Gasteiger partial charge in [0.05, 0.1) is 23.6 Å². The van der Waals surface area contributed by atoms with Crippen LogP contribution in [0.4, 0.5) is 16.2 Å². The molecule has 0 aliphatic carbocycles. The number of fused-ring (bicyclic) bond motifs is 1. The number of benzene rings is 3. The zero-order valence-corrected chi connectivity index (χ0v) is 16.3. The number of hydrogen-bond donors (Lipinski definition) is 1. The number of nitro benzene ring substituents is 1. The molecule has 0 aromatic heterocycles. The summed E-state index contributed by atoms with van der Waals surface area (Å²) < 4.78 is 10.2. The van der Waals surface area contributed by atoms with Gasteiger partial charge in [-0.05, 0) is 17.9 Å². The predicted octanol–water partition coefficient (Wildman–Crippen LogP) is 4.60. The van der Waals surface area contributed by atoms with Crippen LogP contribution in [0.5, 0.6) is 0 Å². The summed E-state index contributed by atoms with van der Waals surface area (Å²) in [7, 11) is 0. The second kappa shape index (κ2) is 9.51. The number of nitrogens with zero attached hydrogens (tertiary/aromatic N) is 1. The van der Waals surface area contributed by atoms with Crippen molar-refractivity contribution in [1.29, 1.82) is 0 Å². The third kappa shape index (κ3) is 4.91. The number of nitro groups is 1. The molecule has 8 nitrogen and oxygen atoms in total. The number of nitrogens with one attached hydrogen (secondary N) is 1. The number of esters is 1. The molecule has 3 rings (SSSR count). The normalized spacial score (nSPS) is 10.4. The summed E-state index contributed by atoms with van der Waals surface area (Å²) in [6, 6.07) is 17.2. The van der Waals surface area contributed by atoms with Crippen molar-refractivity contribution in [2.24, 2.45) is 0 Å². The molecule has 1 N–H and O–H groups in total. The minimum Gasteiger partial charge on any atom is -0.466 e. The summed E-state index contributed by atoms with van der Waals surface area (Å²) in [6.45, 7) is 1.91. The van der Waals surface area contributed by atoms with Crippen LogP contribution in [0.25, 0.3) is 10.8 Å². The van der Waals surface area contributed by atoms with Gasteiger partial charge >= 0.3 is 12.1 Å². The van der Waals surface area contributed by atoms with E-state index in [9.17, 15) is 19.7 Å². The standard InChI is InChI=1S/C22H20N2O6/c1-2-29-21(25)12-18-16-10-6-7-11-17(16)19(13-20(18)24(27)28)23-22(26)30-14-15-8-4-3-5-9-15/h3-11,13H,2,12,14H2,1H3,(H,23,26). The molecule has 1 amide bonds. The van der Waals surface area contributed by atoms with Gasteiger partial charge in [-0.25, -0.2) is 4.79 Å². The maximum atomic E-state index is 12.3. The van der Waals surface area contributed by atoms with Gasteiger partial charge in [0, 0.05) is 17.0 Å². The van der Waals surface area contributed by atoms with E-state index in [1.807, 2.05) is 30.3 Å². The summed E-state index contributed by atoms with van der Waals surface area (Å²) >= 11 is 0. The van der Waals surface area contributed by atoms with E-state index in [1.165, 1.54) is 6.07 Å². The molecule has 30 heavy (non-hydrogen) atoms. The maximum Gasteiger partial charge on any atom is 0.411 e. The van der Waals surface area contributed by atoms with Crippen LogP contribution in [0.2, 0.25) is 0 Å². The van der Waals surface area contributed by atoms with Crippen LogP contribution in [0.3, 0.4) is 0 Å². The van der Waals surface area contributed by atoms with Crippen LogP contribution in [0.1, 0.15) is 18.1 Å². The molecule has 8 heteroatoms. The lowest BCUT2D eigenvalue weighted by Crippen LogP contribution is -2.15. The highest BCUT2D eigenvalue weighted by Gasteiger charge is 2.23. The second-order valence-corrected chi connectivity index (χ2v) is 6.39. The third-order valence-electron chi connectivity index (χ3n) is 4.41. The third-order valence-corrected chi connectivity index (χ3v) is 4.41. The van der Waals surface area contributed by atoms with Crippen molar-refractivity contribution in [3.05, 3.63) is 81.9 Å². The number of hydrogen-bond acceptors (Lipinski definition) is 6. The van der Waals surface area contributed by atoms with Gasteiger partial charge in [-0.3, -0.25) is 20.2 Å². The predicted molar refractivity (Wildman–Crippen MR) is 111 cm³/mol. The van der Waals surface area contributed by atoms with Crippen molar-refractivity contribution < 1.29 is 24.0 Å². The fourth-order valence-corrected chi connectivity index (χ4v) is 3.10.